The second-order valence-corrected chi connectivity index (χ2v) is 5.25. The van der Waals surface area contributed by atoms with E-state index in [-0.39, 0.29) is 17.9 Å². The zero-order valence-corrected chi connectivity index (χ0v) is 11.4. The van der Waals surface area contributed by atoms with Gasteiger partial charge < -0.3 is 10.4 Å². The van der Waals surface area contributed by atoms with Crippen LogP contribution >= 0.6 is 0 Å². The van der Waals surface area contributed by atoms with Crippen molar-refractivity contribution in [2.75, 3.05) is 6.54 Å². The molecule has 0 aliphatic carbocycles. The third-order valence-electron chi connectivity index (χ3n) is 2.62. The molecule has 0 radical (unpaired) electrons. The largest absolute Gasteiger partial charge is 0.478 e. The van der Waals surface area contributed by atoms with Crippen LogP contribution in [0.5, 0.6) is 0 Å². The van der Waals surface area contributed by atoms with Gasteiger partial charge in [0, 0.05) is 18.2 Å². The minimum atomic E-state index is -1.02. The Morgan fingerprint density at radius 2 is 1.89 bits per heavy atom. The van der Waals surface area contributed by atoms with Crippen molar-refractivity contribution in [1.29, 1.82) is 0 Å². The van der Waals surface area contributed by atoms with Crippen molar-refractivity contribution in [2.24, 2.45) is 0 Å². The van der Waals surface area contributed by atoms with Crippen LogP contribution in [-0.4, -0.2) is 23.5 Å². The first-order valence-corrected chi connectivity index (χ1v) is 6.09. The molecule has 0 fully saturated rings. The Morgan fingerprint density at radius 1 is 1.26 bits per heavy atom. The molecule has 4 heteroatoms. The highest BCUT2D eigenvalue weighted by atomic mass is 16.4. The molecular weight excluding hydrogens is 242 g/mol. The average Bonchev–Trinajstić information content (AvgIpc) is 2.33. The third kappa shape index (κ3) is 4.58. The maximum absolute atomic E-state index is 12.1. The molecule has 1 rings (SSSR count). The van der Waals surface area contributed by atoms with Gasteiger partial charge in [0.1, 0.15) is 0 Å². The molecule has 0 saturated heterocycles. The van der Waals surface area contributed by atoms with Crippen molar-refractivity contribution in [3.05, 3.63) is 47.5 Å². The van der Waals surface area contributed by atoms with Gasteiger partial charge in [-0.3, -0.25) is 4.79 Å². The number of benzene rings is 1. The number of amides is 1. The maximum Gasteiger partial charge on any atom is 0.328 e. The number of carbonyl (C=O) groups is 2. The van der Waals surface area contributed by atoms with E-state index in [0.29, 0.717) is 5.56 Å². The SMILES string of the molecule is CC(C)(C)c1ccccc1C(=O)NC/C=C/C(=O)O. The average molecular weight is 261 g/mol. The first kappa shape index (κ1) is 15.0. The normalized spacial score (nSPS) is 11.5. The minimum Gasteiger partial charge on any atom is -0.478 e. The van der Waals surface area contributed by atoms with Crippen LogP contribution in [0.4, 0.5) is 0 Å². The van der Waals surface area contributed by atoms with Gasteiger partial charge in [-0.1, -0.05) is 45.0 Å². The van der Waals surface area contributed by atoms with Gasteiger partial charge in [-0.2, -0.15) is 0 Å². The van der Waals surface area contributed by atoms with Gasteiger partial charge in [0.25, 0.3) is 5.91 Å². The lowest BCUT2D eigenvalue weighted by molar-refractivity contribution is -0.131. The van der Waals surface area contributed by atoms with Crippen LogP contribution in [0, 0.1) is 0 Å². The predicted octanol–water partition coefficient (Wildman–Crippen LogP) is 2.35. The highest BCUT2D eigenvalue weighted by Gasteiger charge is 2.20. The molecule has 2 N–H and O–H groups in total. The van der Waals surface area contributed by atoms with Crippen LogP contribution in [0.25, 0.3) is 0 Å². The van der Waals surface area contributed by atoms with Crippen LogP contribution in [0.2, 0.25) is 0 Å². The first-order chi connectivity index (χ1) is 8.82. The number of nitrogens with one attached hydrogen (secondary N) is 1. The third-order valence-corrected chi connectivity index (χ3v) is 2.62. The quantitative estimate of drug-likeness (QED) is 0.818. The van der Waals surface area contributed by atoms with E-state index in [4.69, 9.17) is 5.11 Å². The summed E-state index contributed by atoms with van der Waals surface area (Å²) in [5, 5.41) is 11.1. The molecule has 1 aromatic rings. The first-order valence-electron chi connectivity index (χ1n) is 6.09. The van der Waals surface area contributed by atoms with Crippen LogP contribution in [0.15, 0.2) is 36.4 Å². The molecule has 0 spiro atoms. The summed E-state index contributed by atoms with van der Waals surface area (Å²) in [7, 11) is 0. The Balaban J connectivity index is 2.80. The Kier molecular flexibility index (Phi) is 4.87. The van der Waals surface area contributed by atoms with E-state index < -0.39 is 5.97 Å². The van der Waals surface area contributed by atoms with Crippen molar-refractivity contribution >= 4 is 11.9 Å². The molecule has 0 aliphatic heterocycles. The van der Waals surface area contributed by atoms with Gasteiger partial charge in [0.2, 0.25) is 0 Å². The zero-order valence-electron chi connectivity index (χ0n) is 11.4. The molecule has 0 bridgehead atoms. The Morgan fingerprint density at radius 3 is 2.47 bits per heavy atom. The van der Waals surface area contributed by atoms with Crippen LogP contribution in [0.3, 0.4) is 0 Å². The van der Waals surface area contributed by atoms with Crippen LogP contribution in [0.1, 0.15) is 36.7 Å². The number of carboxylic acids is 1. The Bertz CT molecular complexity index is 498. The fourth-order valence-corrected chi connectivity index (χ4v) is 1.74. The summed E-state index contributed by atoms with van der Waals surface area (Å²) >= 11 is 0. The molecule has 0 heterocycles. The van der Waals surface area contributed by atoms with Crippen molar-refractivity contribution in [3.8, 4) is 0 Å². The van der Waals surface area contributed by atoms with Gasteiger partial charge in [-0.05, 0) is 17.0 Å². The summed E-state index contributed by atoms with van der Waals surface area (Å²) in [6.45, 7) is 6.33. The summed E-state index contributed by atoms with van der Waals surface area (Å²) in [6, 6.07) is 7.43. The molecule has 19 heavy (non-hydrogen) atoms. The molecule has 0 aromatic heterocycles. The standard InChI is InChI=1S/C15H19NO3/c1-15(2,3)12-8-5-4-7-11(12)14(19)16-10-6-9-13(17)18/h4-9H,10H2,1-3H3,(H,16,19)(H,17,18)/b9-6+. The number of hydrogen-bond acceptors (Lipinski definition) is 2. The van der Waals surface area contributed by atoms with Crippen molar-refractivity contribution < 1.29 is 14.7 Å². The summed E-state index contributed by atoms with van der Waals surface area (Å²) in [5.41, 5.74) is 1.47. The molecule has 0 aliphatic rings. The Labute approximate surface area is 113 Å². The highest BCUT2D eigenvalue weighted by Crippen LogP contribution is 2.25. The number of aliphatic carboxylic acids is 1. The van der Waals surface area contributed by atoms with Crippen LogP contribution in [-0.2, 0) is 10.2 Å². The van der Waals surface area contributed by atoms with E-state index in [1.807, 2.05) is 39.0 Å². The van der Waals surface area contributed by atoms with Gasteiger partial charge in [0.05, 0.1) is 0 Å². The van der Waals surface area contributed by atoms with E-state index in [0.717, 1.165) is 11.6 Å². The number of rotatable bonds is 4. The summed E-state index contributed by atoms with van der Waals surface area (Å²) in [5.74, 6) is -1.22. The van der Waals surface area contributed by atoms with Gasteiger partial charge in [-0.25, -0.2) is 4.79 Å². The van der Waals surface area contributed by atoms with E-state index >= 15 is 0 Å². The molecule has 4 nitrogen and oxygen atoms in total. The number of carbonyl (C=O) groups excluding carboxylic acids is 1. The second-order valence-electron chi connectivity index (χ2n) is 5.25. The lowest BCUT2D eigenvalue weighted by atomic mass is 9.83. The van der Waals surface area contributed by atoms with E-state index in [1.165, 1.54) is 6.08 Å². The molecule has 1 aromatic carbocycles. The fraction of sp³-hybridized carbons (Fsp3) is 0.333. The molecule has 0 atom stereocenters. The molecule has 1 amide bonds. The summed E-state index contributed by atoms with van der Waals surface area (Å²) in [4.78, 5) is 22.4. The van der Waals surface area contributed by atoms with E-state index in [2.05, 4.69) is 5.32 Å². The summed E-state index contributed by atoms with van der Waals surface area (Å²) in [6.07, 6.45) is 2.41. The lowest BCUT2D eigenvalue weighted by Crippen LogP contribution is -2.27. The smallest absolute Gasteiger partial charge is 0.328 e. The second kappa shape index (κ2) is 6.18. The van der Waals surface area contributed by atoms with Crippen LogP contribution < -0.4 is 5.32 Å². The maximum atomic E-state index is 12.1. The number of hydrogen-bond donors (Lipinski definition) is 2. The van der Waals surface area contributed by atoms with E-state index in [9.17, 15) is 9.59 Å². The van der Waals surface area contributed by atoms with Crippen molar-refractivity contribution in [1.82, 2.24) is 5.32 Å². The van der Waals surface area contributed by atoms with Gasteiger partial charge >= 0.3 is 5.97 Å². The zero-order chi connectivity index (χ0) is 14.5. The topological polar surface area (TPSA) is 66.4 Å². The monoisotopic (exact) mass is 261 g/mol. The highest BCUT2D eigenvalue weighted by molar-refractivity contribution is 5.96. The lowest BCUT2D eigenvalue weighted by Gasteiger charge is -2.22. The molecular formula is C15H19NO3. The number of carboxylic acid groups (broad SMARTS) is 1. The van der Waals surface area contributed by atoms with Crippen molar-refractivity contribution in [2.45, 2.75) is 26.2 Å². The molecule has 0 saturated carbocycles. The predicted molar refractivity (Wildman–Crippen MR) is 74.3 cm³/mol. The van der Waals surface area contributed by atoms with Gasteiger partial charge in [-0.15, -0.1) is 0 Å². The fourth-order valence-electron chi connectivity index (χ4n) is 1.74. The van der Waals surface area contributed by atoms with Crippen molar-refractivity contribution in [3.63, 3.8) is 0 Å². The van der Waals surface area contributed by atoms with Gasteiger partial charge in [0.15, 0.2) is 0 Å². The van der Waals surface area contributed by atoms with E-state index in [1.54, 1.807) is 6.07 Å². The molecule has 0 unspecified atom stereocenters. The minimum absolute atomic E-state index is 0.120. The molecule has 102 valence electrons. The summed E-state index contributed by atoms with van der Waals surface area (Å²) < 4.78 is 0. The Hall–Kier alpha value is -2.10.